The van der Waals surface area contributed by atoms with E-state index < -0.39 is 11.7 Å². The van der Waals surface area contributed by atoms with Crippen LogP contribution in [0.25, 0.3) is 0 Å². The highest BCUT2D eigenvalue weighted by atomic mass is 19.1. The van der Waals surface area contributed by atoms with E-state index in [2.05, 4.69) is 10.6 Å². The molecular weight excluding hydrogens is 378 g/mol. The molecule has 2 N–H and O–H groups in total. The zero-order chi connectivity index (χ0) is 20.6. The van der Waals surface area contributed by atoms with Crippen molar-refractivity contribution in [2.45, 2.75) is 6.42 Å². The number of halogens is 2. The Morgan fingerprint density at radius 3 is 2.14 bits per heavy atom. The van der Waals surface area contributed by atoms with Gasteiger partial charge in [-0.15, -0.1) is 0 Å². The zero-order valence-corrected chi connectivity index (χ0v) is 16.0. The Labute approximate surface area is 168 Å². The van der Waals surface area contributed by atoms with Gasteiger partial charge in [-0.25, -0.2) is 13.6 Å². The Hall–Kier alpha value is -3.16. The summed E-state index contributed by atoms with van der Waals surface area (Å²) in [4.78, 5) is 27.8. The molecule has 6 nitrogen and oxygen atoms in total. The summed E-state index contributed by atoms with van der Waals surface area (Å²) in [7, 11) is 0. The van der Waals surface area contributed by atoms with Crippen LogP contribution in [0.3, 0.4) is 0 Å². The number of urea groups is 1. The van der Waals surface area contributed by atoms with Crippen molar-refractivity contribution in [1.29, 1.82) is 0 Å². The summed E-state index contributed by atoms with van der Waals surface area (Å²) in [6.45, 7) is 2.85. The van der Waals surface area contributed by atoms with E-state index in [9.17, 15) is 18.4 Å². The second kappa shape index (κ2) is 9.86. The van der Waals surface area contributed by atoms with E-state index in [1.807, 2.05) is 4.90 Å². The molecule has 1 saturated heterocycles. The van der Waals surface area contributed by atoms with Crippen LogP contribution < -0.4 is 15.5 Å². The Balaban J connectivity index is 1.34. The summed E-state index contributed by atoms with van der Waals surface area (Å²) < 4.78 is 27.4. The Morgan fingerprint density at radius 2 is 1.45 bits per heavy atom. The van der Waals surface area contributed by atoms with Crippen LogP contribution in [0.15, 0.2) is 48.5 Å². The predicted molar refractivity (Wildman–Crippen MR) is 107 cm³/mol. The van der Waals surface area contributed by atoms with Gasteiger partial charge in [-0.05, 0) is 30.7 Å². The summed E-state index contributed by atoms with van der Waals surface area (Å²) in [5, 5.41) is 5.45. The number of benzene rings is 2. The van der Waals surface area contributed by atoms with Crippen molar-refractivity contribution in [2.75, 3.05) is 44.2 Å². The molecule has 0 spiro atoms. The van der Waals surface area contributed by atoms with Crippen molar-refractivity contribution in [3.05, 3.63) is 65.7 Å². The van der Waals surface area contributed by atoms with Gasteiger partial charge in [0, 0.05) is 39.3 Å². The van der Waals surface area contributed by atoms with E-state index in [4.69, 9.17) is 0 Å². The third-order valence-corrected chi connectivity index (χ3v) is 4.79. The number of nitrogens with zero attached hydrogens (tertiary/aromatic N) is 2. The molecule has 0 aromatic heterocycles. The molecule has 3 rings (SSSR count). The van der Waals surface area contributed by atoms with Gasteiger partial charge < -0.3 is 20.4 Å². The number of rotatable bonds is 6. The minimum absolute atomic E-state index is 0.00394. The molecule has 29 heavy (non-hydrogen) atoms. The van der Waals surface area contributed by atoms with Gasteiger partial charge in [0.15, 0.2) is 0 Å². The average molecular weight is 402 g/mol. The number of hydrogen-bond acceptors (Lipinski definition) is 3. The van der Waals surface area contributed by atoms with Crippen LogP contribution in [-0.2, 0) is 0 Å². The summed E-state index contributed by atoms with van der Waals surface area (Å²) in [5.74, 6) is -1.30. The molecule has 2 aromatic carbocycles. The largest absolute Gasteiger partial charge is 0.366 e. The number of hydrogen-bond donors (Lipinski definition) is 2. The van der Waals surface area contributed by atoms with Gasteiger partial charge in [0.2, 0.25) is 0 Å². The van der Waals surface area contributed by atoms with Gasteiger partial charge in [0.05, 0.1) is 11.3 Å². The van der Waals surface area contributed by atoms with Crippen molar-refractivity contribution in [2.24, 2.45) is 0 Å². The molecule has 1 aliphatic rings. The first-order valence-electron chi connectivity index (χ1n) is 9.61. The van der Waals surface area contributed by atoms with Crippen molar-refractivity contribution >= 4 is 17.6 Å². The number of anilines is 1. The predicted octanol–water partition coefficient (Wildman–Crippen LogP) is 2.62. The van der Waals surface area contributed by atoms with Crippen LogP contribution in [0.4, 0.5) is 19.3 Å². The van der Waals surface area contributed by atoms with Crippen molar-refractivity contribution in [3.63, 3.8) is 0 Å². The average Bonchev–Trinajstić information content (AvgIpc) is 2.74. The number of carbonyl (C=O) groups excluding carboxylic acids is 2. The summed E-state index contributed by atoms with van der Waals surface area (Å²) in [5.41, 5.74) is 0.558. The van der Waals surface area contributed by atoms with E-state index in [1.54, 1.807) is 29.2 Å². The summed E-state index contributed by atoms with van der Waals surface area (Å²) in [6.07, 6.45) is 0.529. The van der Waals surface area contributed by atoms with E-state index in [-0.39, 0.29) is 17.4 Å². The molecule has 0 atom stereocenters. The maximum atomic E-state index is 13.9. The number of piperazine rings is 1. The highest BCUT2D eigenvalue weighted by Gasteiger charge is 2.22. The third-order valence-electron chi connectivity index (χ3n) is 4.79. The Bertz CT molecular complexity index is 854. The summed E-state index contributed by atoms with van der Waals surface area (Å²) >= 11 is 0. The first-order chi connectivity index (χ1) is 14.1. The fraction of sp³-hybridized carbons (Fsp3) is 0.333. The molecule has 8 heteroatoms. The molecule has 2 aromatic rings. The van der Waals surface area contributed by atoms with Crippen molar-refractivity contribution in [3.8, 4) is 0 Å². The summed E-state index contributed by atoms with van der Waals surface area (Å²) in [6, 6.07) is 12.2. The highest BCUT2D eigenvalue weighted by Crippen LogP contribution is 2.20. The van der Waals surface area contributed by atoms with Gasteiger partial charge in [0.1, 0.15) is 11.6 Å². The second-order valence-electron chi connectivity index (χ2n) is 6.75. The number of amides is 3. The SMILES string of the molecule is O=C(NCCCNC(=O)N1CCN(c2ccccc2F)CC1)c1ccccc1F. The Kier molecular flexibility index (Phi) is 6.99. The van der Waals surface area contributed by atoms with E-state index in [1.165, 1.54) is 24.3 Å². The lowest BCUT2D eigenvalue weighted by atomic mass is 10.2. The minimum Gasteiger partial charge on any atom is -0.366 e. The number of carbonyl (C=O) groups is 2. The molecule has 0 aliphatic carbocycles. The van der Waals surface area contributed by atoms with Gasteiger partial charge >= 0.3 is 6.03 Å². The molecule has 0 saturated carbocycles. The fourth-order valence-corrected chi connectivity index (χ4v) is 3.20. The van der Waals surface area contributed by atoms with Crippen LogP contribution in [0, 0.1) is 11.6 Å². The highest BCUT2D eigenvalue weighted by molar-refractivity contribution is 5.94. The topological polar surface area (TPSA) is 64.7 Å². The van der Waals surface area contributed by atoms with Gasteiger partial charge in [0.25, 0.3) is 5.91 Å². The molecule has 0 radical (unpaired) electrons. The quantitative estimate of drug-likeness (QED) is 0.730. The molecular formula is C21H24F2N4O2. The van der Waals surface area contributed by atoms with Gasteiger partial charge in [-0.3, -0.25) is 4.79 Å². The van der Waals surface area contributed by atoms with Gasteiger partial charge in [-0.2, -0.15) is 0 Å². The van der Waals surface area contributed by atoms with E-state index >= 15 is 0 Å². The van der Waals surface area contributed by atoms with Crippen LogP contribution in [0.2, 0.25) is 0 Å². The minimum atomic E-state index is -0.562. The molecule has 154 valence electrons. The molecule has 3 amide bonds. The van der Waals surface area contributed by atoms with Crippen molar-refractivity contribution < 1.29 is 18.4 Å². The molecule has 0 bridgehead atoms. The maximum absolute atomic E-state index is 13.9. The lowest BCUT2D eigenvalue weighted by Gasteiger charge is -2.36. The first kappa shape index (κ1) is 20.6. The van der Waals surface area contributed by atoms with Gasteiger partial charge in [-0.1, -0.05) is 24.3 Å². The molecule has 1 aliphatic heterocycles. The fourth-order valence-electron chi connectivity index (χ4n) is 3.20. The third kappa shape index (κ3) is 5.43. The smallest absolute Gasteiger partial charge is 0.317 e. The molecule has 0 unspecified atom stereocenters. The maximum Gasteiger partial charge on any atom is 0.317 e. The lowest BCUT2D eigenvalue weighted by molar-refractivity contribution is 0.0949. The van der Waals surface area contributed by atoms with Crippen molar-refractivity contribution in [1.82, 2.24) is 15.5 Å². The van der Waals surface area contributed by atoms with Crippen LogP contribution in [0.1, 0.15) is 16.8 Å². The monoisotopic (exact) mass is 402 g/mol. The molecule has 1 heterocycles. The standard InChI is InChI=1S/C21H24F2N4O2/c22-17-7-2-1-6-16(17)20(28)24-10-5-11-25-21(29)27-14-12-26(13-15-27)19-9-4-3-8-18(19)23/h1-4,6-9H,5,10-15H2,(H,24,28)(H,25,29). The first-order valence-corrected chi connectivity index (χ1v) is 9.61. The van der Waals surface area contributed by atoms with Crippen LogP contribution >= 0.6 is 0 Å². The van der Waals surface area contributed by atoms with E-state index in [0.717, 1.165) is 0 Å². The molecule has 1 fully saturated rings. The van der Waals surface area contributed by atoms with E-state index in [0.29, 0.717) is 51.4 Å². The number of para-hydroxylation sites is 1. The zero-order valence-electron chi connectivity index (χ0n) is 16.0. The number of nitrogens with one attached hydrogen (secondary N) is 2. The van der Waals surface area contributed by atoms with Crippen LogP contribution in [-0.4, -0.2) is 56.1 Å². The van der Waals surface area contributed by atoms with Crippen LogP contribution in [0.5, 0.6) is 0 Å². The normalized spacial score (nSPS) is 13.9. The lowest BCUT2D eigenvalue weighted by Crippen LogP contribution is -2.52. The second-order valence-corrected chi connectivity index (χ2v) is 6.75. The Morgan fingerprint density at radius 1 is 0.828 bits per heavy atom.